The first-order valence-corrected chi connectivity index (χ1v) is 26.4. The number of carbonyl (C=O) groups is 4. The number of nitrogens with one attached hydrogen (secondary N) is 2. The highest BCUT2D eigenvalue weighted by molar-refractivity contribution is 6.34. The SMILES string of the molecule is C[C@H]1c2c(cc(F)c(Cl)c2-c2c(C(N)=O)ccc(OCCO)c2F)O[C@]1(/C=C\NC1CCC(C(=O)N2CCC(CN3CCC(c4ccc5c(N6CCC(=O)NC6=O)nn(C)c5c4F)CC3)CC2)CC1)c1ccccc1. The number of ether oxygens (including phenoxy) is 2. The van der Waals surface area contributed by atoms with Gasteiger partial charge in [-0.1, -0.05) is 54.9 Å². The van der Waals surface area contributed by atoms with E-state index in [9.17, 15) is 24.3 Å². The van der Waals surface area contributed by atoms with Gasteiger partial charge < -0.3 is 35.4 Å². The number of urea groups is 1. The van der Waals surface area contributed by atoms with E-state index in [1.54, 1.807) is 7.05 Å². The first-order chi connectivity index (χ1) is 36.2. The smallest absolute Gasteiger partial charge is 0.329 e. The number of benzene rings is 4. The molecule has 75 heavy (non-hydrogen) atoms. The van der Waals surface area contributed by atoms with Gasteiger partial charge in [0, 0.05) is 85.7 Å². The predicted molar refractivity (Wildman–Crippen MR) is 277 cm³/mol. The number of likely N-dealkylation sites (tertiary alicyclic amines) is 2. The fourth-order valence-corrected chi connectivity index (χ4v) is 12.5. The van der Waals surface area contributed by atoms with Gasteiger partial charge in [-0.25, -0.2) is 18.0 Å². The highest BCUT2D eigenvalue weighted by Gasteiger charge is 2.49. The number of aromatic nitrogens is 2. The highest BCUT2D eigenvalue weighted by atomic mass is 35.5. The van der Waals surface area contributed by atoms with Crippen LogP contribution in [0.25, 0.3) is 22.0 Å². The second-order valence-electron chi connectivity index (χ2n) is 20.6. The van der Waals surface area contributed by atoms with Crippen molar-refractivity contribution in [2.24, 2.45) is 24.6 Å². The Kier molecular flexibility index (Phi) is 14.9. The lowest BCUT2D eigenvalue weighted by atomic mass is 9.77. The molecule has 1 aliphatic carbocycles. The number of piperidine rings is 2. The van der Waals surface area contributed by atoms with Crippen LogP contribution >= 0.6 is 11.6 Å². The first-order valence-electron chi connectivity index (χ1n) is 26.0. The molecule has 5 amide bonds. The summed E-state index contributed by atoms with van der Waals surface area (Å²) in [5.74, 6) is -3.22. The fourth-order valence-electron chi connectivity index (χ4n) is 12.2. The Balaban J connectivity index is 0.732. The number of aliphatic hydroxyl groups is 1. The topological polar surface area (TPSA) is 185 Å². The third-order valence-corrected chi connectivity index (χ3v) is 16.6. The summed E-state index contributed by atoms with van der Waals surface area (Å²) in [7, 11) is 1.67. The molecule has 0 unspecified atom stereocenters. The van der Waals surface area contributed by atoms with Crippen molar-refractivity contribution >= 4 is 52.1 Å². The minimum Gasteiger partial charge on any atom is -0.488 e. The van der Waals surface area contributed by atoms with Gasteiger partial charge in [0.1, 0.15) is 23.7 Å². The molecular weight excluding hydrogens is 989 g/mol. The van der Waals surface area contributed by atoms with Gasteiger partial charge >= 0.3 is 6.03 Å². The molecule has 5 heterocycles. The molecule has 3 saturated heterocycles. The molecule has 396 valence electrons. The van der Waals surface area contributed by atoms with E-state index in [-0.39, 0.29) is 83.3 Å². The minimum absolute atomic E-state index is 0.0548. The normalized spacial score (nSPS) is 22.9. The highest BCUT2D eigenvalue weighted by Crippen LogP contribution is 2.57. The number of hydrogen-bond donors (Lipinski definition) is 4. The van der Waals surface area contributed by atoms with Crippen LogP contribution in [0.3, 0.4) is 0 Å². The van der Waals surface area contributed by atoms with Crippen LogP contribution in [-0.2, 0) is 22.2 Å². The second-order valence-corrected chi connectivity index (χ2v) is 21.0. The van der Waals surface area contributed by atoms with Crippen LogP contribution < -0.4 is 30.7 Å². The molecule has 5 aliphatic rings. The minimum atomic E-state index is -1.23. The molecule has 0 radical (unpaired) electrons. The lowest BCUT2D eigenvalue weighted by Gasteiger charge is -2.39. The van der Waals surface area contributed by atoms with Crippen molar-refractivity contribution in [2.45, 2.75) is 88.2 Å². The van der Waals surface area contributed by atoms with Gasteiger partial charge in [-0.05, 0) is 118 Å². The van der Waals surface area contributed by atoms with E-state index in [0.717, 1.165) is 89.7 Å². The van der Waals surface area contributed by atoms with Gasteiger partial charge in [0.2, 0.25) is 17.7 Å². The number of nitrogens with zero attached hydrogens (tertiary/aromatic N) is 5. The van der Waals surface area contributed by atoms with Crippen molar-refractivity contribution in [1.82, 2.24) is 30.2 Å². The van der Waals surface area contributed by atoms with Gasteiger partial charge in [-0.15, -0.1) is 0 Å². The molecule has 4 aromatic carbocycles. The lowest BCUT2D eigenvalue weighted by molar-refractivity contribution is -0.138. The van der Waals surface area contributed by atoms with Crippen LogP contribution in [-0.4, -0.2) is 107 Å². The Labute approximate surface area is 438 Å². The standard InChI is InChI=1S/C56H62ClF3N8O7/c1-32-45-43(30-41(58)48(57)47(45)46-39(52(61)71)14-15-42(50(46)60)74-29-28-69)75-56(32,36-6-4-3-5-7-36)21-22-62-37-10-8-35(9-11-37)54(72)67-25-16-33(17-26-67)31-66-23-18-34(19-24-66)38-12-13-40-51(49(38)59)65(2)64-53(40)68-27-20-44(70)63-55(68)73/h3-7,12-15,21-22,30,32-35,37,62,69H,8-11,16-20,23-29,31H2,1-2H3,(H2,61,71)(H,63,70,73)/b22-21-/t32-,35?,37?,56-/m0/s1. The quantitative estimate of drug-likeness (QED) is 0.0843. The third-order valence-electron chi connectivity index (χ3n) is 16.2. The number of primary amides is 1. The maximum atomic E-state index is 16.4. The number of anilines is 1. The monoisotopic (exact) mass is 1050 g/mol. The summed E-state index contributed by atoms with van der Waals surface area (Å²) >= 11 is 6.70. The summed E-state index contributed by atoms with van der Waals surface area (Å²) in [6.07, 6.45) is 10.4. The Morgan fingerprint density at radius 3 is 2.37 bits per heavy atom. The molecule has 5 N–H and O–H groups in total. The number of hydrogen-bond acceptors (Lipinski definition) is 10. The van der Waals surface area contributed by atoms with E-state index in [1.165, 1.54) is 27.8 Å². The van der Waals surface area contributed by atoms with Crippen LogP contribution in [0, 0.1) is 29.3 Å². The van der Waals surface area contributed by atoms with Gasteiger partial charge in [0.25, 0.3) is 0 Å². The number of imide groups is 1. The van der Waals surface area contributed by atoms with Gasteiger partial charge in [-0.3, -0.25) is 29.3 Å². The maximum Gasteiger partial charge on any atom is 0.329 e. The molecule has 4 aliphatic heterocycles. The number of carbonyl (C=O) groups excluding carboxylic acids is 4. The molecule has 0 spiro atoms. The van der Waals surface area contributed by atoms with E-state index in [0.29, 0.717) is 33.8 Å². The molecular formula is C56H62ClF3N8O7. The van der Waals surface area contributed by atoms with Crippen LogP contribution in [0.1, 0.15) is 104 Å². The van der Waals surface area contributed by atoms with Gasteiger partial charge in [-0.2, -0.15) is 5.10 Å². The van der Waals surface area contributed by atoms with E-state index in [4.69, 9.17) is 26.8 Å². The molecule has 1 saturated carbocycles. The number of rotatable bonds is 14. The van der Waals surface area contributed by atoms with Crippen molar-refractivity contribution in [2.75, 3.05) is 57.4 Å². The van der Waals surface area contributed by atoms with Crippen molar-refractivity contribution in [3.05, 3.63) is 118 Å². The van der Waals surface area contributed by atoms with Gasteiger partial charge in [0.05, 0.1) is 17.2 Å². The summed E-state index contributed by atoms with van der Waals surface area (Å²) in [4.78, 5) is 56.9. The molecule has 4 fully saturated rings. The van der Waals surface area contributed by atoms with E-state index in [1.807, 2.05) is 66.6 Å². The number of amides is 5. The largest absolute Gasteiger partial charge is 0.488 e. The molecule has 1 aromatic heterocycles. The van der Waals surface area contributed by atoms with E-state index < -0.39 is 46.7 Å². The second kappa shape index (κ2) is 21.5. The predicted octanol–water partition coefficient (Wildman–Crippen LogP) is 8.40. The summed E-state index contributed by atoms with van der Waals surface area (Å²) in [5, 5.41) is 19.8. The first kappa shape index (κ1) is 51.8. The van der Waals surface area contributed by atoms with Crippen molar-refractivity contribution < 1.29 is 46.9 Å². The lowest BCUT2D eigenvalue weighted by Crippen LogP contribution is -2.49. The summed E-state index contributed by atoms with van der Waals surface area (Å²) in [6, 6.07) is 16.3. The zero-order valence-corrected chi connectivity index (χ0v) is 42.8. The Morgan fingerprint density at radius 1 is 0.947 bits per heavy atom. The Bertz CT molecular complexity index is 3040. The zero-order chi connectivity index (χ0) is 52.7. The average molecular weight is 1050 g/mol. The van der Waals surface area contributed by atoms with Gasteiger partial charge in [0.15, 0.2) is 28.8 Å². The summed E-state index contributed by atoms with van der Waals surface area (Å²) in [5.41, 5.74) is 6.00. The number of fused-ring (bicyclic) bond motifs is 2. The van der Waals surface area contributed by atoms with Crippen molar-refractivity contribution in [3.63, 3.8) is 0 Å². The molecule has 10 rings (SSSR count). The van der Waals surface area contributed by atoms with E-state index in [2.05, 4.69) is 20.6 Å². The molecule has 5 aromatic rings. The Hall–Kier alpha value is -6.63. The number of aliphatic hydroxyl groups excluding tert-OH is 1. The van der Waals surface area contributed by atoms with Crippen LogP contribution in [0.2, 0.25) is 5.02 Å². The number of nitrogens with two attached hydrogens (primary N) is 1. The zero-order valence-electron chi connectivity index (χ0n) is 42.1. The van der Waals surface area contributed by atoms with Crippen LogP contribution in [0.15, 0.2) is 72.9 Å². The van der Waals surface area contributed by atoms with Crippen LogP contribution in [0.5, 0.6) is 11.5 Å². The molecule has 15 nitrogen and oxygen atoms in total. The molecule has 0 bridgehead atoms. The van der Waals surface area contributed by atoms with Crippen molar-refractivity contribution in [1.29, 1.82) is 0 Å². The molecule has 19 heteroatoms. The maximum absolute atomic E-state index is 16.4. The Morgan fingerprint density at radius 2 is 1.68 bits per heavy atom. The molecule has 2 atom stereocenters. The fraction of sp³-hybridized carbons (Fsp3) is 0.446. The van der Waals surface area contributed by atoms with E-state index >= 15 is 13.2 Å². The summed E-state index contributed by atoms with van der Waals surface area (Å²) < 4.78 is 62.1. The summed E-state index contributed by atoms with van der Waals surface area (Å²) in [6.45, 7) is 5.56. The van der Waals surface area contributed by atoms with Crippen molar-refractivity contribution in [3.8, 4) is 22.6 Å². The number of halogens is 4. The average Bonchev–Trinajstić information content (AvgIpc) is 3.90. The third kappa shape index (κ3) is 9.92. The van der Waals surface area contributed by atoms with Crippen LogP contribution in [0.4, 0.5) is 23.8 Å². The number of aryl methyl sites for hydroxylation is 1.